The maximum atomic E-state index is 10.9. The lowest BCUT2D eigenvalue weighted by atomic mass is 10.4. The Hall–Kier alpha value is -1.36. The second kappa shape index (κ2) is 7.08. The van der Waals surface area contributed by atoms with Gasteiger partial charge in [-0.1, -0.05) is 0 Å². The molecule has 0 saturated carbocycles. The summed E-state index contributed by atoms with van der Waals surface area (Å²) in [6.45, 7) is 4.59. The second-order valence-corrected chi connectivity index (χ2v) is 2.88. The number of carboxylic acid groups (broad SMARTS) is 1. The van der Waals surface area contributed by atoms with Gasteiger partial charge >= 0.3 is 5.97 Å². The van der Waals surface area contributed by atoms with Crippen LogP contribution in [0, 0.1) is 0 Å². The van der Waals surface area contributed by atoms with Gasteiger partial charge in [-0.05, 0) is 13.8 Å². The number of carbonyl (C=O) groups excluding carboxylic acids is 1. The second-order valence-electron chi connectivity index (χ2n) is 2.88. The van der Waals surface area contributed by atoms with Crippen LogP contribution in [0.3, 0.4) is 0 Å². The van der Waals surface area contributed by atoms with E-state index in [0.717, 1.165) is 12.2 Å². The van der Waals surface area contributed by atoms with Gasteiger partial charge in [-0.15, -0.1) is 0 Å². The highest BCUT2D eigenvalue weighted by Gasteiger charge is 1.97. The van der Waals surface area contributed by atoms with Gasteiger partial charge in [0, 0.05) is 18.7 Å². The van der Waals surface area contributed by atoms with E-state index in [1.165, 1.54) is 0 Å². The summed E-state index contributed by atoms with van der Waals surface area (Å²) < 4.78 is 5.16. The van der Waals surface area contributed by atoms with Crippen LogP contribution in [0.15, 0.2) is 12.2 Å². The van der Waals surface area contributed by atoms with Gasteiger partial charge in [0.1, 0.15) is 0 Å². The van der Waals surface area contributed by atoms with Gasteiger partial charge in [-0.25, -0.2) is 4.79 Å². The van der Waals surface area contributed by atoms with E-state index in [1.807, 2.05) is 13.8 Å². The predicted octanol–water partition coefficient (Wildman–Crippen LogP) is 0.168. The Morgan fingerprint density at radius 3 is 2.57 bits per heavy atom. The molecule has 0 radical (unpaired) electrons. The van der Waals surface area contributed by atoms with Crippen molar-refractivity contribution in [1.29, 1.82) is 0 Å². The fraction of sp³-hybridized carbons (Fsp3) is 0.556. The van der Waals surface area contributed by atoms with Gasteiger partial charge in [0.05, 0.1) is 12.7 Å². The molecule has 0 heterocycles. The number of carbonyl (C=O) groups is 2. The Morgan fingerprint density at radius 1 is 1.43 bits per heavy atom. The zero-order chi connectivity index (χ0) is 11.0. The molecular formula is C9H15NO4. The van der Waals surface area contributed by atoms with Crippen molar-refractivity contribution in [3.05, 3.63) is 12.2 Å². The first kappa shape index (κ1) is 12.6. The van der Waals surface area contributed by atoms with Crippen LogP contribution in [0.5, 0.6) is 0 Å². The van der Waals surface area contributed by atoms with Gasteiger partial charge < -0.3 is 15.2 Å². The fourth-order valence-electron chi connectivity index (χ4n) is 0.675. The zero-order valence-electron chi connectivity index (χ0n) is 8.32. The van der Waals surface area contributed by atoms with Gasteiger partial charge in [-0.2, -0.15) is 0 Å². The third-order valence-corrected chi connectivity index (χ3v) is 1.23. The molecule has 0 rings (SSSR count). The molecule has 14 heavy (non-hydrogen) atoms. The highest BCUT2D eigenvalue weighted by atomic mass is 16.5. The molecule has 0 spiro atoms. The van der Waals surface area contributed by atoms with Crippen LogP contribution in [-0.2, 0) is 14.3 Å². The topological polar surface area (TPSA) is 75.6 Å². The standard InChI is InChI=1S/C9H15NO4/c1-7(2)14-6-5-10-8(11)3-4-9(12)13/h3-4,7H,5-6H2,1-2H3,(H,10,11)(H,12,13)/b4-3+. The van der Waals surface area contributed by atoms with Crippen LogP contribution in [0.25, 0.3) is 0 Å². The van der Waals surface area contributed by atoms with Crippen molar-refractivity contribution in [2.75, 3.05) is 13.2 Å². The minimum atomic E-state index is -1.14. The van der Waals surface area contributed by atoms with Crippen molar-refractivity contribution in [1.82, 2.24) is 5.32 Å². The first-order chi connectivity index (χ1) is 6.52. The van der Waals surface area contributed by atoms with Crippen LogP contribution < -0.4 is 5.32 Å². The van der Waals surface area contributed by atoms with Crippen LogP contribution in [0.2, 0.25) is 0 Å². The van der Waals surface area contributed by atoms with E-state index < -0.39 is 11.9 Å². The molecule has 0 aliphatic carbocycles. The quantitative estimate of drug-likeness (QED) is 0.474. The molecule has 2 N–H and O–H groups in total. The summed E-state index contributed by atoms with van der Waals surface area (Å²) in [5.41, 5.74) is 0. The lowest BCUT2D eigenvalue weighted by Gasteiger charge is -2.06. The summed E-state index contributed by atoms with van der Waals surface area (Å²) in [5, 5.41) is 10.7. The Morgan fingerprint density at radius 2 is 2.07 bits per heavy atom. The highest BCUT2D eigenvalue weighted by molar-refractivity contribution is 5.93. The number of aliphatic carboxylic acids is 1. The first-order valence-electron chi connectivity index (χ1n) is 4.33. The van der Waals surface area contributed by atoms with Crippen molar-refractivity contribution in [3.8, 4) is 0 Å². The molecule has 5 nitrogen and oxygen atoms in total. The van der Waals surface area contributed by atoms with E-state index in [4.69, 9.17) is 9.84 Å². The van der Waals surface area contributed by atoms with Gasteiger partial charge in [0.2, 0.25) is 5.91 Å². The highest BCUT2D eigenvalue weighted by Crippen LogP contribution is 1.85. The van der Waals surface area contributed by atoms with Crippen LogP contribution in [-0.4, -0.2) is 36.2 Å². The maximum absolute atomic E-state index is 10.9. The molecule has 0 aliphatic rings. The molecule has 0 fully saturated rings. The Balaban J connectivity index is 3.50. The molecule has 0 aromatic rings. The average molecular weight is 201 g/mol. The van der Waals surface area contributed by atoms with Crippen molar-refractivity contribution in [2.24, 2.45) is 0 Å². The zero-order valence-corrected chi connectivity index (χ0v) is 8.32. The van der Waals surface area contributed by atoms with E-state index in [0.29, 0.717) is 13.2 Å². The molecule has 0 unspecified atom stereocenters. The summed E-state index contributed by atoms with van der Waals surface area (Å²) in [6, 6.07) is 0. The van der Waals surface area contributed by atoms with Gasteiger partial charge in [0.15, 0.2) is 0 Å². The lowest BCUT2D eigenvalue weighted by Crippen LogP contribution is -2.26. The van der Waals surface area contributed by atoms with Gasteiger partial charge in [0.25, 0.3) is 0 Å². The van der Waals surface area contributed by atoms with Crippen molar-refractivity contribution in [3.63, 3.8) is 0 Å². The number of carboxylic acids is 1. The fourth-order valence-corrected chi connectivity index (χ4v) is 0.675. The van der Waals surface area contributed by atoms with E-state index >= 15 is 0 Å². The largest absolute Gasteiger partial charge is 0.478 e. The molecule has 0 atom stereocenters. The van der Waals surface area contributed by atoms with Crippen LogP contribution in [0.4, 0.5) is 0 Å². The smallest absolute Gasteiger partial charge is 0.328 e. The summed E-state index contributed by atoms with van der Waals surface area (Å²) in [6.07, 6.45) is 1.89. The van der Waals surface area contributed by atoms with Gasteiger partial charge in [-0.3, -0.25) is 4.79 Å². The van der Waals surface area contributed by atoms with E-state index in [1.54, 1.807) is 0 Å². The number of ether oxygens (including phenoxy) is 1. The number of amides is 1. The lowest BCUT2D eigenvalue weighted by molar-refractivity contribution is -0.131. The minimum Gasteiger partial charge on any atom is -0.478 e. The van der Waals surface area contributed by atoms with E-state index in [2.05, 4.69) is 5.32 Å². The number of hydrogen-bond donors (Lipinski definition) is 2. The van der Waals surface area contributed by atoms with E-state index in [-0.39, 0.29) is 6.10 Å². The molecule has 0 bridgehead atoms. The summed E-state index contributed by atoms with van der Waals surface area (Å²) in [5.74, 6) is -1.57. The molecule has 80 valence electrons. The van der Waals surface area contributed by atoms with Crippen LogP contribution >= 0.6 is 0 Å². The Labute approximate surface area is 82.7 Å². The summed E-state index contributed by atoms with van der Waals surface area (Å²) in [4.78, 5) is 20.9. The number of hydrogen-bond acceptors (Lipinski definition) is 3. The Kier molecular flexibility index (Phi) is 6.39. The molecular weight excluding hydrogens is 186 g/mol. The molecule has 0 aromatic heterocycles. The monoisotopic (exact) mass is 201 g/mol. The van der Waals surface area contributed by atoms with Crippen molar-refractivity contribution < 1.29 is 19.4 Å². The minimum absolute atomic E-state index is 0.126. The normalized spacial score (nSPS) is 10.8. The summed E-state index contributed by atoms with van der Waals surface area (Å²) >= 11 is 0. The summed E-state index contributed by atoms with van der Waals surface area (Å²) in [7, 11) is 0. The average Bonchev–Trinajstić information content (AvgIpc) is 2.08. The molecule has 0 aromatic carbocycles. The molecule has 5 heteroatoms. The molecule has 0 aliphatic heterocycles. The number of nitrogens with one attached hydrogen (secondary N) is 1. The first-order valence-corrected chi connectivity index (χ1v) is 4.33. The van der Waals surface area contributed by atoms with Crippen LogP contribution in [0.1, 0.15) is 13.8 Å². The van der Waals surface area contributed by atoms with E-state index in [9.17, 15) is 9.59 Å². The maximum Gasteiger partial charge on any atom is 0.328 e. The molecule has 1 amide bonds. The SMILES string of the molecule is CC(C)OCCNC(=O)/C=C/C(=O)O. The molecule has 0 saturated heterocycles. The predicted molar refractivity (Wildman–Crippen MR) is 50.9 cm³/mol. The third-order valence-electron chi connectivity index (χ3n) is 1.23. The Bertz CT molecular complexity index is 223. The number of rotatable bonds is 6. The van der Waals surface area contributed by atoms with Crippen molar-refractivity contribution in [2.45, 2.75) is 20.0 Å². The third kappa shape index (κ3) is 8.73. The van der Waals surface area contributed by atoms with Crippen molar-refractivity contribution >= 4 is 11.9 Å².